The summed E-state index contributed by atoms with van der Waals surface area (Å²) in [5.74, 6) is -0.261. The Morgan fingerprint density at radius 2 is 2.21 bits per heavy atom. The van der Waals surface area contributed by atoms with E-state index in [-0.39, 0.29) is 18.0 Å². The highest BCUT2D eigenvalue weighted by atomic mass is 19.1. The monoisotopic (exact) mass is 326 g/mol. The van der Waals surface area contributed by atoms with Gasteiger partial charge in [0.25, 0.3) is 0 Å². The van der Waals surface area contributed by atoms with E-state index in [4.69, 9.17) is 4.74 Å². The van der Waals surface area contributed by atoms with Crippen molar-refractivity contribution in [2.24, 2.45) is 7.05 Å². The van der Waals surface area contributed by atoms with Crippen LogP contribution in [0.4, 0.5) is 10.1 Å². The van der Waals surface area contributed by atoms with E-state index in [1.165, 1.54) is 12.1 Å². The lowest BCUT2D eigenvalue weighted by Gasteiger charge is -2.21. The summed E-state index contributed by atoms with van der Waals surface area (Å²) in [6, 6.07) is 6.75. The molecule has 3 heterocycles. The van der Waals surface area contributed by atoms with Crippen molar-refractivity contribution in [2.45, 2.75) is 25.5 Å². The molecule has 0 saturated carbocycles. The van der Waals surface area contributed by atoms with Crippen molar-refractivity contribution in [3.05, 3.63) is 53.7 Å². The Bertz CT molecular complexity index is 892. The van der Waals surface area contributed by atoms with E-state index >= 15 is 0 Å². The summed E-state index contributed by atoms with van der Waals surface area (Å²) in [7, 11) is 1.89. The molecule has 0 spiro atoms. The molecule has 1 aliphatic rings. The Morgan fingerprint density at radius 3 is 3.00 bits per heavy atom. The highest BCUT2D eigenvalue weighted by Crippen LogP contribution is 2.33. The van der Waals surface area contributed by atoms with E-state index < -0.39 is 0 Å². The molecular weight excluding hydrogens is 307 g/mol. The Kier molecular flexibility index (Phi) is 3.69. The molecule has 1 N–H and O–H groups in total. The first-order valence-corrected chi connectivity index (χ1v) is 8.04. The largest absolute Gasteiger partial charge is 0.379 e. The minimum Gasteiger partial charge on any atom is -0.379 e. The lowest BCUT2D eigenvalue weighted by atomic mass is 10.0. The molecule has 6 heteroatoms. The molecule has 4 rings (SSSR count). The summed E-state index contributed by atoms with van der Waals surface area (Å²) in [5.41, 5.74) is 3.62. The van der Waals surface area contributed by atoms with Crippen LogP contribution in [-0.4, -0.2) is 27.4 Å². The van der Waals surface area contributed by atoms with E-state index in [1.54, 1.807) is 10.7 Å². The second-order valence-corrected chi connectivity index (χ2v) is 6.25. The third-order valence-corrected chi connectivity index (χ3v) is 4.38. The Labute approximate surface area is 139 Å². The van der Waals surface area contributed by atoms with Gasteiger partial charge in [0.15, 0.2) is 0 Å². The molecule has 0 radical (unpaired) electrons. The molecular formula is C18H19FN4O. The second-order valence-electron chi connectivity index (χ2n) is 6.25. The first kappa shape index (κ1) is 15.1. The van der Waals surface area contributed by atoms with Gasteiger partial charge in [0, 0.05) is 42.2 Å². The molecule has 1 aliphatic heterocycles. The number of aryl methyl sites for hydroxylation is 2. The molecule has 2 atom stereocenters. The van der Waals surface area contributed by atoms with Gasteiger partial charge in [-0.15, -0.1) is 0 Å². The first-order chi connectivity index (χ1) is 11.6. The number of ether oxygens (including phenoxy) is 1. The van der Waals surface area contributed by atoms with Gasteiger partial charge in [-0.1, -0.05) is 0 Å². The van der Waals surface area contributed by atoms with Gasteiger partial charge in [-0.3, -0.25) is 9.67 Å². The van der Waals surface area contributed by atoms with E-state index in [0.717, 1.165) is 34.3 Å². The SMILES string of the molecule is Cc1cc(N[C@@H]2CCO[C@H]2c2cnn(C)c2)c2cc(F)ccc2n1. The zero-order chi connectivity index (χ0) is 16.7. The topological polar surface area (TPSA) is 52.0 Å². The van der Waals surface area contributed by atoms with Crippen molar-refractivity contribution in [2.75, 3.05) is 11.9 Å². The molecule has 124 valence electrons. The van der Waals surface area contributed by atoms with Gasteiger partial charge < -0.3 is 10.1 Å². The molecule has 24 heavy (non-hydrogen) atoms. The average Bonchev–Trinajstić information content (AvgIpc) is 3.16. The van der Waals surface area contributed by atoms with Gasteiger partial charge in [0.2, 0.25) is 0 Å². The number of rotatable bonds is 3. The van der Waals surface area contributed by atoms with Crippen LogP contribution in [0.25, 0.3) is 10.9 Å². The van der Waals surface area contributed by atoms with Crippen molar-refractivity contribution in [3.8, 4) is 0 Å². The maximum Gasteiger partial charge on any atom is 0.124 e. The maximum atomic E-state index is 13.7. The van der Waals surface area contributed by atoms with Gasteiger partial charge in [0.1, 0.15) is 11.9 Å². The number of anilines is 1. The van der Waals surface area contributed by atoms with Crippen LogP contribution < -0.4 is 5.32 Å². The number of aromatic nitrogens is 3. The highest BCUT2D eigenvalue weighted by molar-refractivity contribution is 5.91. The third kappa shape index (κ3) is 2.73. The number of benzene rings is 1. The molecule has 3 aromatic rings. The molecule has 0 amide bonds. The zero-order valence-electron chi connectivity index (χ0n) is 13.7. The van der Waals surface area contributed by atoms with Crippen LogP contribution in [0.15, 0.2) is 36.7 Å². The van der Waals surface area contributed by atoms with Crippen LogP contribution in [0.3, 0.4) is 0 Å². The Hall–Kier alpha value is -2.47. The van der Waals surface area contributed by atoms with Crippen LogP contribution in [0, 0.1) is 12.7 Å². The molecule has 1 fully saturated rings. The van der Waals surface area contributed by atoms with Crippen LogP contribution in [0.2, 0.25) is 0 Å². The highest BCUT2D eigenvalue weighted by Gasteiger charge is 2.31. The second kappa shape index (κ2) is 5.87. The Balaban J connectivity index is 1.69. The van der Waals surface area contributed by atoms with Gasteiger partial charge >= 0.3 is 0 Å². The van der Waals surface area contributed by atoms with E-state index in [2.05, 4.69) is 15.4 Å². The minimum atomic E-state index is -0.261. The molecule has 2 aromatic heterocycles. The molecule has 1 aromatic carbocycles. The summed E-state index contributed by atoms with van der Waals surface area (Å²) in [5, 5.41) is 8.56. The van der Waals surface area contributed by atoms with Gasteiger partial charge in [0.05, 0.1) is 17.8 Å². The van der Waals surface area contributed by atoms with Crippen LogP contribution in [-0.2, 0) is 11.8 Å². The predicted octanol–water partition coefficient (Wildman–Crippen LogP) is 3.36. The molecule has 1 saturated heterocycles. The number of pyridine rings is 1. The summed E-state index contributed by atoms with van der Waals surface area (Å²) >= 11 is 0. The molecule has 0 aliphatic carbocycles. The fourth-order valence-corrected chi connectivity index (χ4v) is 3.30. The van der Waals surface area contributed by atoms with Crippen molar-refractivity contribution in [3.63, 3.8) is 0 Å². The predicted molar refractivity (Wildman–Crippen MR) is 90.4 cm³/mol. The summed E-state index contributed by atoms with van der Waals surface area (Å²) in [6.45, 7) is 2.63. The number of halogens is 1. The van der Waals surface area contributed by atoms with Gasteiger partial charge in [-0.25, -0.2) is 4.39 Å². The summed E-state index contributed by atoms with van der Waals surface area (Å²) in [6.07, 6.45) is 4.63. The van der Waals surface area contributed by atoms with E-state index in [9.17, 15) is 4.39 Å². The quantitative estimate of drug-likeness (QED) is 0.802. The minimum absolute atomic E-state index is 0.0595. The summed E-state index contributed by atoms with van der Waals surface area (Å²) < 4.78 is 21.4. The third-order valence-electron chi connectivity index (χ3n) is 4.38. The first-order valence-electron chi connectivity index (χ1n) is 8.04. The lowest BCUT2D eigenvalue weighted by Crippen LogP contribution is -2.23. The number of nitrogens with one attached hydrogen (secondary N) is 1. The number of hydrogen-bond acceptors (Lipinski definition) is 4. The molecule has 0 bridgehead atoms. The fourth-order valence-electron chi connectivity index (χ4n) is 3.30. The standard InChI is InChI=1S/C18H19FN4O/c1-11-7-17(14-8-13(19)3-4-15(14)21-11)22-16-5-6-24-18(16)12-9-20-23(2)10-12/h3-4,7-10,16,18H,5-6H2,1-2H3,(H,21,22)/t16-,18+/m1/s1. The summed E-state index contributed by atoms with van der Waals surface area (Å²) in [4.78, 5) is 4.48. The van der Waals surface area contributed by atoms with E-state index in [1.807, 2.05) is 32.4 Å². The number of fused-ring (bicyclic) bond motifs is 1. The van der Waals surface area contributed by atoms with Crippen molar-refractivity contribution in [1.82, 2.24) is 14.8 Å². The zero-order valence-corrected chi connectivity index (χ0v) is 13.7. The lowest BCUT2D eigenvalue weighted by molar-refractivity contribution is 0.107. The fraction of sp³-hybridized carbons (Fsp3) is 0.333. The number of hydrogen-bond donors (Lipinski definition) is 1. The maximum absolute atomic E-state index is 13.7. The van der Waals surface area contributed by atoms with Crippen molar-refractivity contribution < 1.29 is 9.13 Å². The smallest absolute Gasteiger partial charge is 0.124 e. The number of nitrogens with zero attached hydrogens (tertiary/aromatic N) is 3. The van der Waals surface area contributed by atoms with Crippen LogP contribution in [0.1, 0.15) is 23.8 Å². The molecule has 5 nitrogen and oxygen atoms in total. The van der Waals surface area contributed by atoms with Gasteiger partial charge in [-0.2, -0.15) is 5.10 Å². The normalized spacial score (nSPS) is 20.6. The van der Waals surface area contributed by atoms with Crippen molar-refractivity contribution >= 4 is 16.6 Å². The van der Waals surface area contributed by atoms with Crippen LogP contribution in [0.5, 0.6) is 0 Å². The molecule has 0 unspecified atom stereocenters. The van der Waals surface area contributed by atoms with Crippen LogP contribution >= 0.6 is 0 Å². The average molecular weight is 326 g/mol. The van der Waals surface area contributed by atoms with E-state index in [0.29, 0.717) is 6.61 Å². The van der Waals surface area contributed by atoms with Crippen molar-refractivity contribution in [1.29, 1.82) is 0 Å². The Morgan fingerprint density at radius 1 is 1.33 bits per heavy atom. The van der Waals surface area contributed by atoms with Gasteiger partial charge in [-0.05, 0) is 37.6 Å².